The van der Waals surface area contributed by atoms with Crippen LogP contribution >= 0.6 is 0 Å². The van der Waals surface area contributed by atoms with Crippen molar-refractivity contribution < 1.29 is 0 Å². The van der Waals surface area contributed by atoms with Crippen molar-refractivity contribution in [2.45, 2.75) is 78.0 Å². The highest BCUT2D eigenvalue weighted by molar-refractivity contribution is 5.65. The normalized spacial score (nSPS) is 24.1. The lowest BCUT2D eigenvalue weighted by molar-refractivity contribution is 0.276. The van der Waals surface area contributed by atoms with Crippen LogP contribution in [0.15, 0.2) is 53.6 Å². The van der Waals surface area contributed by atoms with Crippen LogP contribution in [0.5, 0.6) is 0 Å². The second-order valence-corrected chi connectivity index (χ2v) is 10.4. The summed E-state index contributed by atoms with van der Waals surface area (Å²) in [7, 11) is 0. The van der Waals surface area contributed by atoms with Crippen molar-refractivity contribution in [3.63, 3.8) is 0 Å². The molecule has 0 fully saturated rings. The molecule has 0 amide bonds. The number of nitrogens with two attached hydrogens (primary N) is 2. The van der Waals surface area contributed by atoms with Gasteiger partial charge in [0.05, 0.1) is 24.2 Å². The maximum Gasteiger partial charge on any atom is 0.104 e. The lowest BCUT2D eigenvalue weighted by Gasteiger charge is -2.45. The Kier molecular flexibility index (Phi) is 8.37. The molecule has 180 valence electrons. The van der Waals surface area contributed by atoms with Crippen LogP contribution in [0.3, 0.4) is 0 Å². The summed E-state index contributed by atoms with van der Waals surface area (Å²) >= 11 is 0. The number of rotatable bonds is 7. The average molecular weight is 458 g/mol. The van der Waals surface area contributed by atoms with Gasteiger partial charge in [-0.3, -0.25) is 0 Å². The zero-order valence-corrected chi connectivity index (χ0v) is 21.2. The Labute approximate surface area is 205 Å². The molecule has 0 bridgehead atoms. The van der Waals surface area contributed by atoms with Gasteiger partial charge in [-0.25, -0.2) is 0 Å². The fourth-order valence-electron chi connectivity index (χ4n) is 5.28. The molecule has 5 heteroatoms. The quantitative estimate of drug-likeness (QED) is 0.396. The molecular formula is C29H39N5. The molecular weight excluding hydrogens is 418 g/mol. The summed E-state index contributed by atoms with van der Waals surface area (Å²) in [6, 6.07) is 11.0. The van der Waals surface area contributed by atoms with Gasteiger partial charge in [-0.05, 0) is 59.3 Å². The predicted molar refractivity (Wildman–Crippen MR) is 140 cm³/mol. The average Bonchev–Trinajstić information content (AvgIpc) is 2.83. The molecule has 0 spiro atoms. The molecule has 2 aliphatic rings. The van der Waals surface area contributed by atoms with Crippen LogP contribution < -0.4 is 16.4 Å². The number of anilines is 1. The fraction of sp³-hybridized carbons (Fsp3) is 0.517. The van der Waals surface area contributed by atoms with E-state index in [0.717, 1.165) is 24.1 Å². The maximum absolute atomic E-state index is 9.62. The second kappa shape index (κ2) is 11.0. The minimum atomic E-state index is -0.565. The van der Waals surface area contributed by atoms with Crippen molar-refractivity contribution in [3.05, 3.63) is 64.8 Å². The van der Waals surface area contributed by atoms with Crippen molar-refractivity contribution in [2.75, 3.05) is 4.90 Å². The topological polar surface area (TPSA) is 103 Å². The summed E-state index contributed by atoms with van der Waals surface area (Å²) in [4.78, 5) is 2.20. The van der Waals surface area contributed by atoms with E-state index >= 15 is 0 Å². The minimum absolute atomic E-state index is 0.242. The van der Waals surface area contributed by atoms with Crippen LogP contribution in [0.4, 0.5) is 5.69 Å². The number of benzene rings is 1. The molecule has 5 atom stereocenters. The van der Waals surface area contributed by atoms with Gasteiger partial charge in [0.2, 0.25) is 0 Å². The van der Waals surface area contributed by atoms with Gasteiger partial charge < -0.3 is 16.4 Å². The monoisotopic (exact) mass is 457 g/mol. The van der Waals surface area contributed by atoms with Gasteiger partial charge in [-0.2, -0.15) is 10.5 Å². The summed E-state index contributed by atoms with van der Waals surface area (Å²) in [6.45, 7) is 11.0. The number of hydrogen-bond donors (Lipinski definition) is 2. The first-order chi connectivity index (χ1) is 16.2. The lowest BCUT2D eigenvalue weighted by atomic mass is 9.80. The Morgan fingerprint density at radius 1 is 1.00 bits per heavy atom. The zero-order chi connectivity index (χ0) is 25.0. The Morgan fingerprint density at radius 2 is 1.62 bits per heavy atom. The maximum atomic E-state index is 9.62. The lowest BCUT2D eigenvalue weighted by Crippen LogP contribution is -2.58. The van der Waals surface area contributed by atoms with Gasteiger partial charge in [0, 0.05) is 17.7 Å². The van der Waals surface area contributed by atoms with Crippen LogP contribution in [0, 0.1) is 40.4 Å². The standard InChI is InChI=1S/C29H39N5/c1-18(2)24-11-8-12-25(19(3)4)27(24)34(29(33)26-10-7-6-9-20(26)5)28(32)23-14-21(16-30)13-22(15-23)17-31/h6-8,11-12,14-15,18-21,26,28-29H,9-10,13,32-33H2,1-5H3. The summed E-state index contributed by atoms with van der Waals surface area (Å²) in [5, 5.41) is 19.2. The Hall–Kier alpha value is -2.86. The van der Waals surface area contributed by atoms with Crippen LogP contribution in [-0.2, 0) is 0 Å². The molecule has 0 saturated carbocycles. The third-order valence-electron chi connectivity index (χ3n) is 7.30. The number of nitrogens with zero attached hydrogens (tertiary/aromatic N) is 3. The minimum Gasteiger partial charge on any atom is -0.336 e. The van der Waals surface area contributed by atoms with E-state index in [1.54, 1.807) is 0 Å². The third kappa shape index (κ3) is 5.27. The molecule has 4 N–H and O–H groups in total. The molecule has 0 aromatic heterocycles. The van der Waals surface area contributed by atoms with Gasteiger partial charge in [0.15, 0.2) is 0 Å². The van der Waals surface area contributed by atoms with E-state index in [4.69, 9.17) is 11.5 Å². The van der Waals surface area contributed by atoms with Crippen molar-refractivity contribution >= 4 is 5.69 Å². The van der Waals surface area contributed by atoms with Gasteiger partial charge in [0.25, 0.3) is 0 Å². The molecule has 3 rings (SSSR count). The van der Waals surface area contributed by atoms with E-state index in [1.165, 1.54) is 11.1 Å². The number of nitriles is 2. The molecule has 0 aliphatic heterocycles. The highest BCUT2D eigenvalue weighted by Gasteiger charge is 2.36. The van der Waals surface area contributed by atoms with Crippen LogP contribution in [0.25, 0.3) is 0 Å². The zero-order valence-electron chi connectivity index (χ0n) is 21.2. The molecule has 1 aromatic rings. The molecule has 0 radical (unpaired) electrons. The summed E-state index contributed by atoms with van der Waals surface area (Å²) < 4.78 is 0. The van der Waals surface area contributed by atoms with Crippen LogP contribution in [0.2, 0.25) is 0 Å². The number of para-hydroxylation sites is 1. The SMILES string of the molecule is CC(C)c1cccc(C(C)C)c1N(C(N)C1=CC(C#N)CC(C#N)=C1)C(N)C1CC=CCC1C. The van der Waals surface area contributed by atoms with E-state index in [-0.39, 0.29) is 29.8 Å². The van der Waals surface area contributed by atoms with Crippen molar-refractivity contribution in [1.29, 1.82) is 10.5 Å². The van der Waals surface area contributed by atoms with Gasteiger partial charge in [-0.1, -0.05) is 71.0 Å². The van der Waals surface area contributed by atoms with Crippen molar-refractivity contribution in [3.8, 4) is 12.1 Å². The summed E-state index contributed by atoms with van der Waals surface area (Å²) in [5.41, 5.74) is 19.1. The molecule has 34 heavy (non-hydrogen) atoms. The highest BCUT2D eigenvalue weighted by atomic mass is 15.3. The van der Waals surface area contributed by atoms with Crippen LogP contribution in [-0.4, -0.2) is 12.3 Å². The van der Waals surface area contributed by atoms with E-state index in [1.807, 2.05) is 12.2 Å². The first kappa shape index (κ1) is 25.8. The second-order valence-electron chi connectivity index (χ2n) is 10.4. The van der Waals surface area contributed by atoms with Crippen molar-refractivity contribution in [1.82, 2.24) is 0 Å². The molecule has 0 heterocycles. The Balaban J connectivity index is 2.22. The Morgan fingerprint density at radius 3 is 2.15 bits per heavy atom. The predicted octanol–water partition coefficient (Wildman–Crippen LogP) is 5.83. The third-order valence-corrected chi connectivity index (χ3v) is 7.30. The largest absolute Gasteiger partial charge is 0.336 e. The van der Waals surface area contributed by atoms with Crippen LogP contribution in [0.1, 0.15) is 76.8 Å². The molecule has 1 aromatic carbocycles. The van der Waals surface area contributed by atoms with E-state index in [2.05, 4.69) is 82.0 Å². The van der Waals surface area contributed by atoms with E-state index in [9.17, 15) is 10.5 Å². The van der Waals surface area contributed by atoms with E-state index < -0.39 is 6.17 Å². The molecule has 0 saturated heterocycles. The molecule has 5 nitrogen and oxygen atoms in total. The summed E-state index contributed by atoms with van der Waals surface area (Å²) in [6.07, 6.45) is 9.71. The number of allylic oxidation sites excluding steroid dienone is 4. The first-order valence-corrected chi connectivity index (χ1v) is 12.5. The smallest absolute Gasteiger partial charge is 0.104 e. The summed E-state index contributed by atoms with van der Waals surface area (Å²) in [5.74, 6) is 0.890. The van der Waals surface area contributed by atoms with E-state index in [0.29, 0.717) is 17.9 Å². The van der Waals surface area contributed by atoms with Crippen molar-refractivity contribution in [2.24, 2.45) is 29.2 Å². The van der Waals surface area contributed by atoms with Gasteiger partial charge in [-0.15, -0.1) is 0 Å². The Bertz CT molecular complexity index is 1020. The molecule has 5 unspecified atom stereocenters. The fourth-order valence-corrected chi connectivity index (χ4v) is 5.28. The van der Waals surface area contributed by atoms with Gasteiger partial charge >= 0.3 is 0 Å². The number of hydrogen-bond acceptors (Lipinski definition) is 5. The highest BCUT2D eigenvalue weighted by Crippen LogP contribution is 2.41. The molecule has 2 aliphatic carbocycles. The van der Waals surface area contributed by atoms with Gasteiger partial charge in [0.1, 0.15) is 6.17 Å². The first-order valence-electron chi connectivity index (χ1n) is 12.5.